The first kappa shape index (κ1) is 11.8. The van der Waals surface area contributed by atoms with E-state index in [-0.39, 0.29) is 0 Å². The van der Waals surface area contributed by atoms with Crippen LogP contribution in [0, 0.1) is 0 Å². The summed E-state index contributed by atoms with van der Waals surface area (Å²) in [6.45, 7) is 7.36. The summed E-state index contributed by atoms with van der Waals surface area (Å²) in [5.74, 6) is 0. The van der Waals surface area contributed by atoms with Gasteiger partial charge < -0.3 is 5.32 Å². The van der Waals surface area contributed by atoms with Gasteiger partial charge in [0.25, 0.3) is 0 Å². The molecule has 1 saturated heterocycles. The predicted molar refractivity (Wildman–Crippen MR) is 64.4 cm³/mol. The first-order valence-electron chi connectivity index (χ1n) is 5.58. The van der Waals surface area contributed by atoms with Gasteiger partial charge in [-0.2, -0.15) is 0 Å². The molecule has 0 aliphatic carbocycles. The molecule has 2 rings (SSSR count). The zero-order valence-electron chi connectivity index (χ0n) is 9.65. The molecule has 2 unspecified atom stereocenters. The monoisotopic (exact) mass is 240 g/mol. The third-order valence-corrected chi connectivity index (χ3v) is 2.89. The van der Waals surface area contributed by atoms with E-state index in [4.69, 9.17) is 11.6 Å². The molecule has 0 bridgehead atoms. The molecule has 88 valence electrons. The van der Waals surface area contributed by atoms with Crippen LogP contribution < -0.4 is 5.32 Å². The Bertz CT molecular complexity index is 330. The van der Waals surface area contributed by atoms with Crippen molar-refractivity contribution < 1.29 is 0 Å². The van der Waals surface area contributed by atoms with Crippen molar-refractivity contribution in [2.75, 3.05) is 13.1 Å². The molecule has 0 spiro atoms. The van der Waals surface area contributed by atoms with Crippen molar-refractivity contribution in [3.8, 4) is 0 Å². The van der Waals surface area contributed by atoms with E-state index in [0.717, 1.165) is 25.3 Å². The molecule has 1 aliphatic heterocycles. The molecule has 0 aromatic carbocycles. The zero-order valence-corrected chi connectivity index (χ0v) is 10.4. The maximum Gasteiger partial charge on any atom is 0.147 e. The van der Waals surface area contributed by atoms with E-state index in [2.05, 4.69) is 34.0 Å². The van der Waals surface area contributed by atoms with Crippen molar-refractivity contribution in [3.63, 3.8) is 0 Å². The normalized spacial score (nSPS) is 26.9. The van der Waals surface area contributed by atoms with Gasteiger partial charge in [-0.25, -0.2) is 4.98 Å². The summed E-state index contributed by atoms with van der Waals surface area (Å²) in [5, 5.41) is 3.96. The molecule has 0 radical (unpaired) electrons. The lowest BCUT2D eigenvalue weighted by Crippen LogP contribution is -2.53. The summed E-state index contributed by atoms with van der Waals surface area (Å²) in [7, 11) is 0. The summed E-state index contributed by atoms with van der Waals surface area (Å²) in [6.07, 6.45) is 3.35. The number of hydrogen-bond acceptors (Lipinski definition) is 4. The van der Waals surface area contributed by atoms with Crippen molar-refractivity contribution in [1.29, 1.82) is 0 Å². The predicted octanol–water partition coefficient (Wildman–Crippen LogP) is 1.31. The lowest BCUT2D eigenvalue weighted by atomic mass is 10.1. The number of nitrogens with zero attached hydrogens (tertiary/aromatic N) is 3. The summed E-state index contributed by atoms with van der Waals surface area (Å²) < 4.78 is 0. The first-order valence-corrected chi connectivity index (χ1v) is 5.96. The lowest BCUT2D eigenvalue weighted by molar-refractivity contribution is 0.165. The zero-order chi connectivity index (χ0) is 11.5. The van der Waals surface area contributed by atoms with Crippen LogP contribution in [0.15, 0.2) is 12.4 Å². The third kappa shape index (κ3) is 3.14. The second-order valence-corrected chi connectivity index (χ2v) is 4.88. The molecule has 1 aromatic rings. The minimum absolute atomic E-state index is 0.450. The van der Waals surface area contributed by atoms with Gasteiger partial charge in [-0.1, -0.05) is 11.6 Å². The molecular formula is C11H17ClN4. The highest BCUT2D eigenvalue weighted by Gasteiger charge is 2.20. The average molecular weight is 241 g/mol. The van der Waals surface area contributed by atoms with E-state index in [1.54, 1.807) is 12.4 Å². The quantitative estimate of drug-likeness (QED) is 0.847. The SMILES string of the molecule is CC1CN(Cc2cnc(Cl)cn2)CC(C)N1. The van der Waals surface area contributed by atoms with E-state index >= 15 is 0 Å². The Morgan fingerprint density at radius 3 is 2.56 bits per heavy atom. The van der Waals surface area contributed by atoms with Gasteiger partial charge in [0.1, 0.15) is 5.15 Å². The van der Waals surface area contributed by atoms with Crippen LogP contribution in [0.1, 0.15) is 19.5 Å². The lowest BCUT2D eigenvalue weighted by Gasteiger charge is -2.35. The van der Waals surface area contributed by atoms with Crippen LogP contribution >= 0.6 is 11.6 Å². The van der Waals surface area contributed by atoms with E-state index in [0.29, 0.717) is 17.2 Å². The molecule has 1 fully saturated rings. The number of hydrogen-bond donors (Lipinski definition) is 1. The fourth-order valence-corrected chi connectivity index (χ4v) is 2.32. The van der Waals surface area contributed by atoms with Crippen LogP contribution in [0.2, 0.25) is 5.15 Å². The Morgan fingerprint density at radius 2 is 2.00 bits per heavy atom. The van der Waals surface area contributed by atoms with Crippen molar-refractivity contribution in [2.45, 2.75) is 32.5 Å². The van der Waals surface area contributed by atoms with E-state index in [9.17, 15) is 0 Å². The summed E-state index contributed by atoms with van der Waals surface area (Å²) in [4.78, 5) is 10.7. The fraction of sp³-hybridized carbons (Fsp3) is 0.636. The van der Waals surface area contributed by atoms with Crippen LogP contribution in [0.4, 0.5) is 0 Å². The van der Waals surface area contributed by atoms with Crippen LogP contribution in [0.25, 0.3) is 0 Å². The molecule has 0 saturated carbocycles. The minimum atomic E-state index is 0.450. The summed E-state index contributed by atoms with van der Waals surface area (Å²) in [5.41, 5.74) is 0.978. The highest BCUT2D eigenvalue weighted by Crippen LogP contribution is 2.09. The van der Waals surface area contributed by atoms with Crippen molar-refractivity contribution in [2.24, 2.45) is 0 Å². The Morgan fingerprint density at radius 1 is 1.31 bits per heavy atom. The molecule has 1 N–H and O–H groups in total. The Kier molecular flexibility index (Phi) is 3.74. The van der Waals surface area contributed by atoms with Crippen molar-refractivity contribution in [1.82, 2.24) is 20.2 Å². The van der Waals surface area contributed by atoms with Gasteiger partial charge in [0.05, 0.1) is 18.1 Å². The maximum absolute atomic E-state index is 5.70. The molecule has 2 atom stereocenters. The van der Waals surface area contributed by atoms with Crippen molar-refractivity contribution in [3.05, 3.63) is 23.2 Å². The molecular weight excluding hydrogens is 224 g/mol. The smallest absolute Gasteiger partial charge is 0.147 e. The maximum atomic E-state index is 5.70. The topological polar surface area (TPSA) is 41.1 Å². The highest BCUT2D eigenvalue weighted by molar-refractivity contribution is 6.29. The van der Waals surface area contributed by atoms with E-state index in [1.807, 2.05) is 0 Å². The van der Waals surface area contributed by atoms with Gasteiger partial charge in [-0.15, -0.1) is 0 Å². The number of piperazine rings is 1. The molecule has 0 amide bonds. The van der Waals surface area contributed by atoms with E-state index < -0.39 is 0 Å². The molecule has 1 aliphatic rings. The van der Waals surface area contributed by atoms with Gasteiger partial charge in [0, 0.05) is 31.7 Å². The summed E-state index contributed by atoms with van der Waals surface area (Å²) in [6, 6.07) is 1.06. The number of halogens is 1. The average Bonchev–Trinajstić information content (AvgIpc) is 2.20. The minimum Gasteiger partial charge on any atom is -0.309 e. The third-order valence-electron chi connectivity index (χ3n) is 2.69. The number of aromatic nitrogens is 2. The molecule has 1 aromatic heterocycles. The fourth-order valence-electron chi connectivity index (χ4n) is 2.22. The standard InChI is InChI=1S/C11H17ClN4/c1-8-5-16(6-9(2)15-8)7-10-3-14-11(12)4-13-10/h3-4,8-9,15H,5-7H2,1-2H3. The van der Waals surface area contributed by atoms with Crippen LogP contribution in [-0.2, 0) is 6.54 Å². The second-order valence-electron chi connectivity index (χ2n) is 4.49. The van der Waals surface area contributed by atoms with E-state index in [1.165, 1.54) is 0 Å². The highest BCUT2D eigenvalue weighted by atomic mass is 35.5. The Labute approximate surface area is 101 Å². The largest absolute Gasteiger partial charge is 0.309 e. The Balaban J connectivity index is 1.96. The van der Waals surface area contributed by atoms with Gasteiger partial charge >= 0.3 is 0 Å². The number of rotatable bonds is 2. The van der Waals surface area contributed by atoms with Crippen LogP contribution in [0.3, 0.4) is 0 Å². The van der Waals surface area contributed by atoms with Gasteiger partial charge in [-0.05, 0) is 13.8 Å². The molecule has 5 heteroatoms. The van der Waals surface area contributed by atoms with Gasteiger partial charge in [-0.3, -0.25) is 9.88 Å². The molecule has 4 nitrogen and oxygen atoms in total. The van der Waals surface area contributed by atoms with Crippen molar-refractivity contribution >= 4 is 11.6 Å². The van der Waals surface area contributed by atoms with Crippen LogP contribution in [0.5, 0.6) is 0 Å². The van der Waals surface area contributed by atoms with Crippen LogP contribution in [-0.4, -0.2) is 40.0 Å². The van der Waals surface area contributed by atoms with Gasteiger partial charge in [0.2, 0.25) is 0 Å². The first-order chi connectivity index (χ1) is 7.63. The molecule has 2 heterocycles. The molecule has 16 heavy (non-hydrogen) atoms. The second kappa shape index (κ2) is 5.08. The van der Waals surface area contributed by atoms with Gasteiger partial charge in [0.15, 0.2) is 0 Å². The summed E-state index contributed by atoms with van der Waals surface area (Å²) >= 11 is 5.70. The Hall–Kier alpha value is -0.710. The number of nitrogens with one attached hydrogen (secondary N) is 1.